The molecular formula is C9H5ClN2O4. The zero-order valence-electron chi connectivity index (χ0n) is 7.81. The Kier molecular flexibility index (Phi) is 3.80. The molecule has 16 heavy (non-hydrogen) atoms. The number of pyridine rings is 1. The first-order valence-electron chi connectivity index (χ1n) is 4.01. The molecule has 82 valence electrons. The van der Waals surface area contributed by atoms with Crippen LogP contribution in [0.5, 0.6) is 0 Å². The molecule has 0 amide bonds. The van der Waals surface area contributed by atoms with Gasteiger partial charge in [0, 0.05) is 6.20 Å². The molecule has 1 heterocycles. The molecule has 0 unspecified atom stereocenters. The summed E-state index contributed by atoms with van der Waals surface area (Å²) in [6, 6.07) is 0. The molecule has 0 atom stereocenters. The Morgan fingerprint density at radius 3 is 2.88 bits per heavy atom. The van der Waals surface area contributed by atoms with Crippen LogP contribution in [0, 0.1) is 22.0 Å². The maximum atomic E-state index is 10.5. The molecular weight excluding hydrogens is 236 g/mol. The molecule has 0 fully saturated rings. The van der Waals surface area contributed by atoms with Gasteiger partial charge in [0.25, 0.3) is 0 Å². The van der Waals surface area contributed by atoms with Crippen LogP contribution in [0.15, 0.2) is 12.4 Å². The van der Waals surface area contributed by atoms with Crippen molar-refractivity contribution in [2.45, 2.75) is 6.42 Å². The van der Waals surface area contributed by atoms with Gasteiger partial charge in [-0.1, -0.05) is 23.4 Å². The van der Waals surface area contributed by atoms with Crippen molar-refractivity contribution in [3.8, 4) is 11.8 Å². The largest absolute Gasteiger partial charge is 0.481 e. The number of hydrogen-bond acceptors (Lipinski definition) is 4. The van der Waals surface area contributed by atoms with E-state index in [1.54, 1.807) is 0 Å². The zero-order valence-corrected chi connectivity index (χ0v) is 8.56. The van der Waals surface area contributed by atoms with E-state index < -0.39 is 10.9 Å². The number of nitrogens with zero attached hydrogens (tertiary/aromatic N) is 2. The number of aromatic nitrogens is 1. The molecule has 1 aromatic heterocycles. The second kappa shape index (κ2) is 5.09. The Morgan fingerprint density at radius 2 is 2.31 bits per heavy atom. The van der Waals surface area contributed by atoms with Gasteiger partial charge >= 0.3 is 11.7 Å². The zero-order chi connectivity index (χ0) is 12.1. The quantitative estimate of drug-likeness (QED) is 0.480. The van der Waals surface area contributed by atoms with E-state index in [1.165, 1.54) is 6.20 Å². The van der Waals surface area contributed by atoms with Crippen LogP contribution < -0.4 is 0 Å². The highest BCUT2D eigenvalue weighted by Gasteiger charge is 2.14. The van der Waals surface area contributed by atoms with Crippen molar-refractivity contribution >= 4 is 23.3 Å². The lowest BCUT2D eigenvalue weighted by molar-refractivity contribution is -0.385. The molecule has 6 nitrogen and oxygen atoms in total. The Morgan fingerprint density at radius 1 is 1.62 bits per heavy atom. The van der Waals surface area contributed by atoms with E-state index in [2.05, 4.69) is 16.8 Å². The van der Waals surface area contributed by atoms with E-state index >= 15 is 0 Å². The number of halogens is 1. The second-order valence-electron chi connectivity index (χ2n) is 2.65. The lowest BCUT2D eigenvalue weighted by Crippen LogP contribution is -1.93. The molecule has 0 aliphatic carbocycles. The Labute approximate surface area is 95.0 Å². The average molecular weight is 241 g/mol. The third-order valence-corrected chi connectivity index (χ3v) is 1.92. The van der Waals surface area contributed by atoms with Crippen molar-refractivity contribution in [2.24, 2.45) is 0 Å². The van der Waals surface area contributed by atoms with E-state index in [-0.39, 0.29) is 22.7 Å². The molecule has 0 radical (unpaired) electrons. The lowest BCUT2D eigenvalue weighted by Gasteiger charge is -1.95. The third kappa shape index (κ3) is 2.93. The number of rotatable bonds is 2. The van der Waals surface area contributed by atoms with Crippen LogP contribution in [0.3, 0.4) is 0 Å². The lowest BCUT2D eigenvalue weighted by atomic mass is 10.2. The molecule has 0 bridgehead atoms. The van der Waals surface area contributed by atoms with E-state index in [1.807, 2.05) is 0 Å². The van der Waals surface area contributed by atoms with Crippen LogP contribution in [0.25, 0.3) is 0 Å². The summed E-state index contributed by atoms with van der Waals surface area (Å²) in [6.45, 7) is 0. The maximum Gasteiger partial charge on any atom is 0.315 e. The molecule has 0 saturated heterocycles. The Hall–Kier alpha value is -2.13. The fraction of sp³-hybridized carbons (Fsp3) is 0.111. The summed E-state index contributed by atoms with van der Waals surface area (Å²) in [5.74, 6) is 3.64. The third-order valence-electron chi connectivity index (χ3n) is 1.52. The fourth-order valence-electron chi connectivity index (χ4n) is 0.863. The highest BCUT2D eigenvalue weighted by Crippen LogP contribution is 2.25. The molecule has 0 spiro atoms. The monoisotopic (exact) mass is 240 g/mol. The first kappa shape index (κ1) is 11.9. The number of carboxylic acids is 1. The first-order chi connectivity index (χ1) is 7.52. The van der Waals surface area contributed by atoms with Crippen LogP contribution in [-0.4, -0.2) is 21.0 Å². The van der Waals surface area contributed by atoms with Gasteiger partial charge in [0.05, 0.1) is 10.5 Å². The Balaban J connectivity index is 3.05. The predicted octanol–water partition coefficient (Wildman–Crippen LogP) is 1.47. The average Bonchev–Trinajstić information content (AvgIpc) is 2.19. The van der Waals surface area contributed by atoms with Gasteiger partial charge in [-0.3, -0.25) is 19.9 Å². The minimum absolute atomic E-state index is 0.136. The summed E-state index contributed by atoms with van der Waals surface area (Å²) < 4.78 is 0. The highest BCUT2D eigenvalue weighted by molar-refractivity contribution is 6.33. The van der Waals surface area contributed by atoms with Crippen LogP contribution in [-0.2, 0) is 4.79 Å². The topological polar surface area (TPSA) is 93.3 Å². The van der Waals surface area contributed by atoms with Crippen molar-refractivity contribution in [1.29, 1.82) is 0 Å². The molecule has 0 aliphatic heterocycles. The van der Waals surface area contributed by atoms with Gasteiger partial charge in [-0.05, 0) is 0 Å². The number of carboxylic acid groups (broad SMARTS) is 1. The highest BCUT2D eigenvalue weighted by atomic mass is 35.5. The van der Waals surface area contributed by atoms with E-state index in [9.17, 15) is 14.9 Å². The summed E-state index contributed by atoms with van der Waals surface area (Å²) >= 11 is 5.69. The van der Waals surface area contributed by atoms with Crippen molar-refractivity contribution in [1.82, 2.24) is 4.98 Å². The molecule has 1 aromatic rings. The molecule has 1 rings (SSSR count). The van der Waals surface area contributed by atoms with Crippen LogP contribution in [0.2, 0.25) is 5.02 Å². The van der Waals surface area contributed by atoms with E-state index in [0.29, 0.717) is 0 Å². The molecule has 0 aliphatic rings. The normalized spacial score (nSPS) is 9.06. The Bertz CT molecular complexity index is 504. The van der Waals surface area contributed by atoms with Gasteiger partial charge in [-0.25, -0.2) is 0 Å². The van der Waals surface area contributed by atoms with Gasteiger partial charge < -0.3 is 5.11 Å². The molecule has 1 N–H and O–H groups in total. The van der Waals surface area contributed by atoms with Gasteiger partial charge in [-0.2, -0.15) is 0 Å². The first-order valence-corrected chi connectivity index (χ1v) is 4.38. The summed E-state index contributed by atoms with van der Waals surface area (Å²) in [7, 11) is 0. The van der Waals surface area contributed by atoms with E-state index in [0.717, 1.165) is 6.20 Å². The van der Waals surface area contributed by atoms with Gasteiger partial charge in [-0.15, -0.1) is 0 Å². The fourth-order valence-corrected chi connectivity index (χ4v) is 1.08. The van der Waals surface area contributed by atoms with E-state index in [4.69, 9.17) is 16.7 Å². The van der Waals surface area contributed by atoms with Gasteiger partial charge in [0.1, 0.15) is 17.6 Å². The molecule has 0 aromatic carbocycles. The van der Waals surface area contributed by atoms with Crippen molar-refractivity contribution < 1.29 is 14.8 Å². The molecule has 7 heteroatoms. The SMILES string of the molecule is O=C(O)CC#Cc1cncc([N+](=O)[O-])c1Cl. The number of hydrogen-bond donors (Lipinski definition) is 1. The maximum absolute atomic E-state index is 10.5. The van der Waals surface area contributed by atoms with Crippen LogP contribution in [0.1, 0.15) is 12.0 Å². The summed E-state index contributed by atoms with van der Waals surface area (Å²) in [4.78, 5) is 23.6. The minimum atomic E-state index is -1.08. The van der Waals surface area contributed by atoms with Crippen molar-refractivity contribution in [3.63, 3.8) is 0 Å². The second-order valence-corrected chi connectivity index (χ2v) is 3.03. The number of carbonyl (C=O) groups is 1. The standard InChI is InChI=1S/C9H5ClN2O4/c10-9-6(2-1-3-8(13)14)4-11-5-7(9)12(15)16/h4-5H,3H2,(H,13,14). The van der Waals surface area contributed by atoms with Crippen LogP contribution in [0.4, 0.5) is 5.69 Å². The van der Waals surface area contributed by atoms with Crippen molar-refractivity contribution in [2.75, 3.05) is 0 Å². The number of aliphatic carboxylic acids is 1. The van der Waals surface area contributed by atoms with Crippen molar-refractivity contribution in [3.05, 3.63) is 33.1 Å². The predicted molar refractivity (Wildman–Crippen MR) is 55.0 cm³/mol. The molecule has 0 saturated carbocycles. The minimum Gasteiger partial charge on any atom is -0.481 e. The number of nitro groups is 1. The van der Waals surface area contributed by atoms with Crippen LogP contribution >= 0.6 is 11.6 Å². The summed E-state index contributed by atoms with van der Waals surface area (Å²) in [6.07, 6.45) is 1.88. The van der Waals surface area contributed by atoms with Gasteiger partial charge in [0.2, 0.25) is 0 Å². The summed E-state index contributed by atoms with van der Waals surface area (Å²) in [5, 5.41) is 18.7. The smallest absolute Gasteiger partial charge is 0.315 e. The van der Waals surface area contributed by atoms with Gasteiger partial charge in [0.15, 0.2) is 0 Å². The summed E-state index contributed by atoms with van der Waals surface area (Å²) in [5.41, 5.74) is -0.221.